The van der Waals surface area contributed by atoms with Crippen LogP contribution >= 0.6 is 11.6 Å². The van der Waals surface area contributed by atoms with Crippen LogP contribution in [0.3, 0.4) is 0 Å². The fourth-order valence-corrected chi connectivity index (χ4v) is 3.61. The van der Waals surface area contributed by atoms with Crippen molar-refractivity contribution in [1.29, 1.82) is 0 Å². The van der Waals surface area contributed by atoms with Gasteiger partial charge >= 0.3 is 0 Å². The smallest absolute Gasteiger partial charge is 0.243 e. The van der Waals surface area contributed by atoms with Gasteiger partial charge in [-0.2, -0.15) is 10.1 Å². The van der Waals surface area contributed by atoms with Gasteiger partial charge in [0.25, 0.3) is 0 Å². The Hall–Kier alpha value is -3.07. The topological polar surface area (TPSA) is 114 Å². The maximum Gasteiger partial charge on any atom is 0.243 e. The number of aryl methyl sites for hydroxylation is 1. The lowest BCUT2D eigenvalue weighted by atomic mass is 9.97. The van der Waals surface area contributed by atoms with Crippen molar-refractivity contribution in [3.05, 3.63) is 35.6 Å². The Morgan fingerprint density at radius 1 is 1.36 bits per heavy atom. The summed E-state index contributed by atoms with van der Waals surface area (Å²) >= 11 is 6.08. The molecule has 0 spiro atoms. The zero-order chi connectivity index (χ0) is 19.7. The van der Waals surface area contributed by atoms with E-state index in [0.717, 1.165) is 25.1 Å². The number of nitrogens with one attached hydrogen (secondary N) is 2. The van der Waals surface area contributed by atoms with E-state index in [0.29, 0.717) is 28.3 Å². The van der Waals surface area contributed by atoms with Crippen LogP contribution in [-0.2, 0) is 11.8 Å². The molecule has 10 heteroatoms. The van der Waals surface area contributed by atoms with Gasteiger partial charge in [0.1, 0.15) is 0 Å². The van der Waals surface area contributed by atoms with E-state index in [1.54, 1.807) is 22.9 Å². The lowest BCUT2D eigenvalue weighted by Crippen LogP contribution is -2.44. The number of anilines is 3. The third-order valence-corrected chi connectivity index (χ3v) is 5.06. The van der Waals surface area contributed by atoms with E-state index in [-0.39, 0.29) is 17.8 Å². The summed E-state index contributed by atoms with van der Waals surface area (Å²) in [6.07, 6.45) is 5.53. The van der Waals surface area contributed by atoms with Crippen molar-refractivity contribution in [2.75, 3.05) is 29.1 Å². The van der Waals surface area contributed by atoms with Crippen LogP contribution < -0.4 is 21.5 Å². The van der Waals surface area contributed by atoms with Crippen LogP contribution in [-0.4, -0.2) is 38.7 Å². The third-order valence-electron chi connectivity index (χ3n) is 4.83. The monoisotopic (exact) mass is 400 g/mol. The van der Waals surface area contributed by atoms with E-state index in [1.807, 2.05) is 19.4 Å². The zero-order valence-electron chi connectivity index (χ0n) is 15.4. The molecule has 1 atom stereocenters. The lowest BCUT2D eigenvalue weighted by molar-refractivity contribution is -0.124. The molecule has 3 aromatic rings. The van der Waals surface area contributed by atoms with E-state index in [4.69, 9.17) is 17.3 Å². The Labute approximate surface area is 166 Å². The van der Waals surface area contributed by atoms with Crippen molar-refractivity contribution in [2.24, 2.45) is 13.0 Å². The number of carbonyl (C=O) groups is 1. The number of aromatic nitrogens is 4. The predicted molar refractivity (Wildman–Crippen MR) is 109 cm³/mol. The molecule has 1 unspecified atom stereocenters. The van der Waals surface area contributed by atoms with Gasteiger partial charge < -0.3 is 10.6 Å². The number of nitrogens with zero attached hydrogens (tertiary/aromatic N) is 5. The highest BCUT2D eigenvalue weighted by molar-refractivity contribution is 6.31. The molecular formula is C18H21ClN8O. The van der Waals surface area contributed by atoms with Crippen molar-refractivity contribution in [2.45, 2.75) is 12.8 Å². The second-order valence-corrected chi connectivity index (χ2v) is 7.30. The van der Waals surface area contributed by atoms with Crippen molar-refractivity contribution >= 4 is 45.9 Å². The van der Waals surface area contributed by atoms with Crippen LogP contribution in [0.25, 0.3) is 10.9 Å². The van der Waals surface area contributed by atoms with E-state index in [2.05, 4.69) is 30.8 Å². The quantitative estimate of drug-likeness (QED) is 0.573. The Bertz CT molecular complexity index is 1020. The fraction of sp³-hybridized carbons (Fsp3) is 0.333. The first-order valence-electron chi connectivity index (χ1n) is 9.02. The Balaban J connectivity index is 1.46. The maximum absolute atomic E-state index is 12.7. The second kappa shape index (κ2) is 7.51. The fourth-order valence-electron chi connectivity index (χ4n) is 3.43. The van der Waals surface area contributed by atoms with Crippen molar-refractivity contribution in [3.8, 4) is 0 Å². The third kappa shape index (κ3) is 3.79. The van der Waals surface area contributed by atoms with Gasteiger partial charge in [0, 0.05) is 36.7 Å². The van der Waals surface area contributed by atoms with Gasteiger partial charge in [0.2, 0.25) is 11.9 Å². The summed E-state index contributed by atoms with van der Waals surface area (Å²) in [6, 6.07) is 5.22. The van der Waals surface area contributed by atoms with Gasteiger partial charge in [-0.15, -0.1) is 0 Å². The summed E-state index contributed by atoms with van der Waals surface area (Å²) in [6.45, 7) is 1.55. The molecule has 146 valence electrons. The lowest BCUT2D eigenvalue weighted by Gasteiger charge is -2.32. The molecular weight excluding hydrogens is 380 g/mol. The van der Waals surface area contributed by atoms with Crippen LogP contribution in [0.5, 0.6) is 0 Å². The van der Waals surface area contributed by atoms with Gasteiger partial charge in [0.05, 0.1) is 23.3 Å². The Morgan fingerprint density at radius 2 is 2.21 bits per heavy atom. The zero-order valence-corrected chi connectivity index (χ0v) is 16.1. The molecule has 4 rings (SSSR count). The first-order chi connectivity index (χ1) is 13.5. The molecule has 9 nitrogen and oxygen atoms in total. The highest BCUT2D eigenvalue weighted by Gasteiger charge is 2.26. The molecule has 0 radical (unpaired) electrons. The van der Waals surface area contributed by atoms with E-state index < -0.39 is 0 Å². The number of carbonyl (C=O) groups excluding carboxylic acids is 1. The van der Waals surface area contributed by atoms with Crippen LogP contribution in [0.2, 0.25) is 5.02 Å². The SMILES string of the molecule is Cn1cc(N2CCCC(C(=O)NNc3nc(N)nc4ccc(Cl)cc34)C2)cn1. The molecule has 3 heterocycles. The van der Waals surface area contributed by atoms with Crippen LogP contribution in [0.4, 0.5) is 17.5 Å². The number of fused-ring (bicyclic) bond motifs is 1. The summed E-state index contributed by atoms with van der Waals surface area (Å²) in [4.78, 5) is 23.3. The number of benzene rings is 1. The minimum atomic E-state index is -0.143. The second-order valence-electron chi connectivity index (χ2n) is 6.86. The predicted octanol–water partition coefficient (Wildman–Crippen LogP) is 1.96. The van der Waals surface area contributed by atoms with Gasteiger partial charge in [-0.05, 0) is 31.0 Å². The number of hydrogen-bond acceptors (Lipinski definition) is 7. The van der Waals surface area contributed by atoms with Gasteiger partial charge in [0.15, 0.2) is 5.82 Å². The average molecular weight is 401 g/mol. The number of halogens is 1. The molecule has 0 bridgehead atoms. The highest BCUT2D eigenvalue weighted by Crippen LogP contribution is 2.25. The number of hydrogen-bond donors (Lipinski definition) is 3. The largest absolute Gasteiger partial charge is 0.368 e. The highest BCUT2D eigenvalue weighted by atomic mass is 35.5. The molecule has 1 amide bonds. The molecule has 1 aliphatic heterocycles. The summed E-state index contributed by atoms with van der Waals surface area (Å²) in [5.41, 5.74) is 13.1. The maximum atomic E-state index is 12.7. The minimum absolute atomic E-state index is 0.0963. The Kier molecular flexibility index (Phi) is 4.91. The van der Waals surface area contributed by atoms with E-state index in [9.17, 15) is 4.79 Å². The molecule has 1 aliphatic rings. The molecule has 0 aliphatic carbocycles. The van der Waals surface area contributed by atoms with Crippen LogP contribution in [0, 0.1) is 5.92 Å². The average Bonchev–Trinajstić information content (AvgIpc) is 3.13. The molecule has 1 saturated heterocycles. The van der Waals surface area contributed by atoms with E-state index >= 15 is 0 Å². The minimum Gasteiger partial charge on any atom is -0.368 e. The molecule has 1 fully saturated rings. The first-order valence-corrected chi connectivity index (χ1v) is 9.39. The molecule has 0 saturated carbocycles. The number of piperidine rings is 1. The number of nitrogen functional groups attached to an aromatic ring is 1. The summed E-state index contributed by atoms with van der Waals surface area (Å²) in [5.74, 6) is 0.293. The van der Waals surface area contributed by atoms with Gasteiger partial charge in [-0.1, -0.05) is 11.6 Å². The van der Waals surface area contributed by atoms with Gasteiger partial charge in [-0.3, -0.25) is 20.3 Å². The van der Waals surface area contributed by atoms with Gasteiger partial charge in [-0.25, -0.2) is 4.98 Å². The normalized spacial score (nSPS) is 16.9. The van der Waals surface area contributed by atoms with Crippen molar-refractivity contribution < 1.29 is 4.79 Å². The van der Waals surface area contributed by atoms with Crippen molar-refractivity contribution in [1.82, 2.24) is 25.2 Å². The van der Waals surface area contributed by atoms with Crippen molar-refractivity contribution in [3.63, 3.8) is 0 Å². The summed E-state index contributed by atoms with van der Waals surface area (Å²) in [7, 11) is 1.88. The molecule has 1 aromatic carbocycles. The summed E-state index contributed by atoms with van der Waals surface area (Å²) < 4.78 is 1.76. The molecule has 28 heavy (non-hydrogen) atoms. The van der Waals surface area contributed by atoms with Crippen LogP contribution in [0.1, 0.15) is 12.8 Å². The molecule has 4 N–H and O–H groups in total. The standard InChI is InChI=1S/C18H21ClN8O/c1-26-10-13(8-21-26)27-6-2-3-11(9-27)17(28)25-24-16-14-7-12(19)4-5-15(14)22-18(20)23-16/h4-5,7-8,10-11H,2-3,6,9H2,1H3,(H,25,28)(H3,20,22,23,24). The number of amides is 1. The summed E-state index contributed by atoms with van der Waals surface area (Å²) in [5, 5.41) is 5.44. The molecule has 2 aromatic heterocycles. The number of nitrogens with two attached hydrogens (primary N) is 1. The van der Waals surface area contributed by atoms with Crippen LogP contribution in [0.15, 0.2) is 30.6 Å². The van der Waals surface area contributed by atoms with E-state index in [1.165, 1.54) is 0 Å². The first kappa shape index (κ1) is 18.3. The number of hydrazine groups is 1. The Morgan fingerprint density at radius 3 is 3.00 bits per heavy atom. The number of rotatable bonds is 4.